The van der Waals surface area contributed by atoms with Crippen molar-refractivity contribution in [1.82, 2.24) is 0 Å². The Kier molecular flexibility index (Phi) is 5.24. The Labute approximate surface area is 106 Å². The van der Waals surface area contributed by atoms with Crippen LogP contribution in [0.4, 0.5) is 10.1 Å². The zero-order valence-electron chi connectivity index (χ0n) is 8.57. The predicted molar refractivity (Wildman–Crippen MR) is 65.0 cm³/mol. The molecule has 0 saturated carbocycles. The van der Waals surface area contributed by atoms with Gasteiger partial charge in [0.1, 0.15) is 5.82 Å². The van der Waals surface area contributed by atoms with Crippen molar-refractivity contribution in [2.24, 2.45) is 0 Å². The van der Waals surface area contributed by atoms with Crippen molar-refractivity contribution in [2.45, 2.75) is 0 Å². The highest BCUT2D eigenvalue weighted by Gasteiger charge is 2.08. The van der Waals surface area contributed by atoms with Gasteiger partial charge in [0.2, 0.25) is 5.91 Å². The van der Waals surface area contributed by atoms with E-state index in [4.69, 9.17) is 16.7 Å². The molecule has 0 spiro atoms. The number of carboxylic acids is 1. The molecule has 4 nitrogen and oxygen atoms in total. The SMILES string of the molecule is O=C(O)CSCC(=O)Nc1cc(F)ccc1Cl. The first-order chi connectivity index (χ1) is 7.99. The van der Waals surface area contributed by atoms with E-state index in [0.717, 1.165) is 17.8 Å². The van der Waals surface area contributed by atoms with E-state index < -0.39 is 17.7 Å². The Morgan fingerprint density at radius 3 is 2.76 bits per heavy atom. The molecule has 0 heterocycles. The predicted octanol–water partition coefficient (Wildman–Crippen LogP) is 2.24. The average molecular weight is 278 g/mol. The summed E-state index contributed by atoms with van der Waals surface area (Å²) in [5.41, 5.74) is 0.174. The summed E-state index contributed by atoms with van der Waals surface area (Å²) in [6, 6.07) is 3.61. The van der Waals surface area contributed by atoms with Crippen LogP contribution in [0.25, 0.3) is 0 Å². The van der Waals surface area contributed by atoms with Crippen LogP contribution < -0.4 is 5.32 Å². The summed E-state index contributed by atoms with van der Waals surface area (Å²) in [5.74, 6) is -2.12. The molecule has 0 aromatic heterocycles. The fraction of sp³-hybridized carbons (Fsp3) is 0.200. The van der Waals surface area contributed by atoms with Gasteiger partial charge in [-0.05, 0) is 18.2 Å². The van der Waals surface area contributed by atoms with E-state index in [-0.39, 0.29) is 22.2 Å². The molecule has 1 aromatic carbocycles. The highest BCUT2D eigenvalue weighted by molar-refractivity contribution is 8.00. The van der Waals surface area contributed by atoms with Crippen LogP contribution in [-0.2, 0) is 9.59 Å². The number of aliphatic carboxylic acids is 1. The smallest absolute Gasteiger partial charge is 0.313 e. The maximum atomic E-state index is 12.9. The molecule has 1 rings (SSSR count). The third-order valence-corrected chi connectivity index (χ3v) is 2.91. The molecule has 0 radical (unpaired) electrons. The largest absolute Gasteiger partial charge is 0.481 e. The number of carbonyl (C=O) groups is 2. The number of carbonyl (C=O) groups excluding carboxylic acids is 1. The first kappa shape index (κ1) is 13.8. The molecule has 0 aliphatic heterocycles. The van der Waals surface area contributed by atoms with Crippen molar-refractivity contribution in [3.63, 3.8) is 0 Å². The number of hydrogen-bond acceptors (Lipinski definition) is 3. The van der Waals surface area contributed by atoms with Gasteiger partial charge in [-0.2, -0.15) is 0 Å². The second-order valence-electron chi connectivity index (χ2n) is 3.06. The van der Waals surface area contributed by atoms with E-state index >= 15 is 0 Å². The normalized spacial score (nSPS) is 10.0. The number of hydrogen-bond donors (Lipinski definition) is 2. The van der Waals surface area contributed by atoms with Gasteiger partial charge in [0, 0.05) is 0 Å². The van der Waals surface area contributed by atoms with Crippen LogP contribution >= 0.6 is 23.4 Å². The third kappa shape index (κ3) is 5.06. The fourth-order valence-electron chi connectivity index (χ4n) is 1.01. The van der Waals surface area contributed by atoms with Crippen LogP contribution in [0.3, 0.4) is 0 Å². The zero-order chi connectivity index (χ0) is 12.8. The first-order valence-corrected chi connectivity index (χ1v) is 6.06. The van der Waals surface area contributed by atoms with E-state index in [9.17, 15) is 14.0 Å². The number of nitrogens with one attached hydrogen (secondary N) is 1. The molecule has 0 saturated heterocycles. The molecule has 92 valence electrons. The molecule has 0 aliphatic carbocycles. The lowest BCUT2D eigenvalue weighted by molar-refractivity contribution is -0.133. The van der Waals surface area contributed by atoms with Gasteiger partial charge in [-0.3, -0.25) is 9.59 Å². The van der Waals surface area contributed by atoms with Crippen LogP contribution in [0.5, 0.6) is 0 Å². The monoisotopic (exact) mass is 277 g/mol. The third-order valence-electron chi connectivity index (χ3n) is 1.66. The molecule has 0 atom stereocenters. The summed E-state index contributed by atoms with van der Waals surface area (Å²) in [6.45, 7) is 0. The molecule has 7 heteroatoms. The Balaban J connectivity index is 2.50. The van der Waals surface area contributed by atoms with Gasteiger partial charge < -0.3 is 10.4 Å². The highest BCUT2D eigenvalue weighted by atomic mass is 35.5. The van der Waals surface area contributed by atoms with Crippen molar-refractivity contribution in [2.75, 3.05) is 16.8 Å². The molecule has 2 N–H and O–H groups in total. The lowest BCUT2D eigenvalue weighted by Crippen LogP contribution is -2.15. The maximum absolute atomic E-state index is 12.9. The molecule has 0 fully saturated rings. The lowest BCUT2D eigenvalue weighted by Gasteiger charge is -2.06. The minimum Gasteiger partial charge on any atom is -0.481 e. The summed E-state index contributed by atoms with van der Waals surface area (Å²) in [4.78, 5) is 21.6. The number of halogens is 2. The van der Waals surface area contributed by atoms with Crippen molar-refractivity contribution in [3.8, 4) is 0 Å². The molecule has 1 aromatic rings. The minimum atomic E-state index is -0.994. The average Bonchev–Trinajstić information content (AvgIpc) is 2.23. The maximum Gasteiger partial charge on any atom is 0.313 e. The van der Waals surface area contributed by atoms with E-state index in [2.05, 4.69) is 5.32 Å². The van der Waals surface area contributed by atoms with Crippen molar-refractivity contribution < 1.29 is 19.1 Å². The number of amides is 1. The first-order valence-electron chi connectivity index (χ1n) is 4.53. The Morgan fingerprint density at radius 1 is 1.41 bits per heavy atom. The molecule has 17 heavy (non-hydrogen) atoms. The van der Waals surface area contributed by atoms with Crippen LogP contribution in [0, 0.1) is 5.82 Å². The van der Waals surface area contributed by atoms with E-state index in [1.807, 2.05) is 0 Å². The van der Waals surface area contributed by atoms with Gasteiger partial charge >= 0.3 is 5.97 Å². The van der Waals surface area contributed by atoms with Crippen molar-refractivity contribution in [3.05, 3.63) is 29.0 Å². The summed E-state index contributed by atoms with van der Waals surface area (Å²) in [6.07, 6.45) is 0. The van der Waals surface area contributed by atoms with Gasteiger partial charge in [-0.15, -0.1) is 11.8 Å². The van der Waals surface area contributed by atoms with Crippen LogP contribution in [0.1, 0.15) is 0 Å². The van der Waals surface area contributed by atoms with Crippen molar-refractivity contribution >= 4 is 40.9 Å². The van der Waals surface area contributed by atoms with Gasteiger partial charge in [0.15, 0.2) is 0 Å². The van der Waals surface area contributed by atoms with Crippen LogP contribution in [0.15, 0.2) is 18.2 Å². The number of benzene rings is 1. The summed E-state index contributed by atoms with van der Waals surface area (Å²) >= 11 is 6.69. The molecule has 0 bridgehead atoms. The number of carboxylic acid groups (broad SMARTS) is 1. The number of thioether (sulfide) groups is 1. The summed E-state index contributed by atoms with van der Waals surface area (Å²) < 4.78 is 12.9. The van der Waals surface area contributed by atoms with Crippen LogP contribution in [-0.4, -0.2) is 28.5 Å². The van der Waals surface area contributed by atoms with Gasteiger partial charge in [0.05, 0.1) is 22.2 Å². The Morgan fingerprint density at radius 2 is 2.12 bits per heavy atom. The quantitative estimate of drug-likeness (QED) is 0.866. The van der Waals surface area contributed by atoms with Crippen molar-refractivity contribution in [1.29, 1.82) is 0 Å². The zero-order valence-corrected chi connectivity index (χ0v) is 10.1. The molecule has 1 amide bonds. The van der Waals surface area contributed by atoms with E-state index in [0.29, 0.717) is 0 Å². The molecular weight excluding hydrogens is 269 g/mol. The molecular formula is C10H9ClFNO3S. The van der Waals surface area contributed by atoms with E-state index in [1.165, 1.54) is 12.1 Å². The van der Waals surface area contributed by atoms with Gasteiger partial charge in [0.25, 0.3) is 0 Å². The number of anilines is 1. The lowest BCUT2D eigenvalue weighted by atomic mass is 10.3. The molecule has 0 aliphatic rings. The second-order valence-corrected chi connectivity index (χ2v) is 4.45. The van der Waals surface area contributed by atoms with E-state index in [1.54, 1.807) is 0 Å². The summed E-state index contributed by atoms with van der Waals surface area (Å²) in [5, 5.41) is 11.0. The molecule has 0 unspecified atom stereocenters. The fourth-order valence-corrected chi connectivity index (χ4v) is 1.71. The van der Waals surface area contributed by atoms with Gasteiger partial charge in [-0.25, -0.2) is 4.39 Å². The standard InChI is InChI=1S/C10H9ClFNO3S/c11-7-2-1-6(12)3-8(7)13-9(14)4-17-5-10(15)16/h1-3H,4-5H2,(H,13,14)(H,15,16). The Hall–Kier alpha value is -1.27. The highest BCUT2D eigenvalue weighted by Crippen LogP contribution is 2.22. The number of rotatable bonds is 5. The summed E-state index contributed by atoms with van der Waals surface area (Å²) in [7, 11) is 0. The second kappa shape index (κ2) is 6.46. The Bertz CT molecular complexity index is 442. The minimum absolute atomic E-state index is 0.0286. The topological polar surface area (TPSA) is 66.4 Å². The van der Waals surface area contributed by atoms with Crippen LogP contribution in [0.2, 0.25) is 5.02 Å². The van der Waals surface area contributed by atoms with Gasteiger partial charge in [-0.1, -0.05) is 11.6 Å².